The van der Waals surface area contributed by atoms with Gasteiger partial charge in [-0.25, -0.2) is 4.98 Å². The molecule has 0 aliphatic carbocycles. The summed E-state index contributed by atoms with van der Waals surface area (Å²) < 4.78 is 1.00. The largest absolute Gasteiger partial charge is 0.367 e. The summed E-state index contributed by atoms with van der Waals surface area (Å²) in [6.07, 6.45) is 5.31. The number of anilines is 2. The molecule has 1 aliphatic heterocycles. The quantitative estimate of drug-likeness (QED) is 0.830. The first-order chi connectivity index (χ1) is 9.74. The molecule has 2 aromatic heterocycles. The minimum atomic E-state index is 0.711. The second kappa shape index (κ2) is 5.97. The van der Waals surface area contributed by atoms with Crippen molar-refractivity contribution in [3.63, 3.8) is 0 Å². The lowest BCUT2D eigenvalue weighted by Crippen LogP contribution is -2.46. The fourth-order valence-electron chi connectivity index (χ4n) is 2.36. The summed E-state index contributed by atoms with van der Waals surface area (Å²) in [4.78, 5) is 13.0. The fraction of sp³-hybridized carbons (Fsp3) is 0.286. The molecule has 3 heterocycles. The van der Waals surface area contributed by atoms with E-state index in [9.17, 15) is 0 Å². The lowest BCUT2D eigenvalue weighted by Gasteiger charge is -2.37. The van der Waals surface area contributed by atoms with Gasteiger partial charge in [0.25, 0.3) is 0 Å². The summed E-state index contributed by atoms with van der Waals surface area (Å²) >= 11 is 9.60. The van der Waals surface area contributed by atoms with Crippen LogP contribution in [0.2, 0.25) is 5.02 Å². The maximum Gasteiger partial charge on any atom is 0.128 e. The van der Waals surface area contributed by atoms with Crippen LogP contribution < -0.4 is 9.80 Å². The summed E-state index contributed by atoms with van der Waals surface area (Å²) in [6.45, 7) is 3.74. The van der Waals surface area contributed by atoms with E-state index in [1.165, 1.54) is 0 Å². The third kappa shape index (κ3) is 2.88. The molecule has 1 saturated heterocycles. The Labute approximate surface area is 131 Å². The summed E-state index contributed by atoms with van der Waals surface area (Å²) in [5.41, 5.74) is 1.06. The Hall–Kier alpha value is -1.33. The first-order valence-electron chi connectivity index (χ1n) is 6.45. The smallest absolute Gasteiger partial charge is 0.128 e. The zero-order valence-corrected chi connectivity index (χ0v) is 13.2. The highest BCUT2D eigenvalue weighted by molar-refractivity contribution is 9.10. The lowest BCUT2D eigenvalue weighted by atomic mass is 10.2. The molecule has 0 aromatic carbocycles. The van der Waals surface area contributed by atoms with Crippen molar-refractivity contribution in [3.8, 4) is 0 Å². The van der Waals surface area contributed by atoms with Crippen LogP contribution >= 0.6 is 27.5 Å². The van der Waals surface area contributed by atoms with Crippen molar-refractivity contribution >= 4 is 39.0 Å². The highest BCUT2D eigenvalue weighted by Crippen LogP contribution is 2.26. The van der Waals surface area contributed by atoms with Gasteiger partial charge in [0.05, 0.1) is 10.7 Å². The Balaban J connectivity index is 1.68. The first-order valence-corrected chi connectivity index (χ1v) is 7.62. The molecule has 6 heteroatoms. The highest BCUT2D eigenvalue weighted by Gasteiger charge is 2.19. The Morgan fingerprint density at radius 2 is 1.75 bits per heavy atom. The van der Waals surface area contributed by atoms with E-state index in [4.69, 9.17) is 11.6 Å². The van der Waals surface area contributed by atoms with Gasteiger partial charge in [0, 0.05) is 49.2 Å². The van der Waals surface area contributed by atoms with E-state index >= 15 is 0 Å². The number of pyridine rings is 2. The van der Waals surface area contributed by atoms with Crippen molar-refractivity contribution in [2.45, 2.75) is 0 Å². The van der Waals surface area contributed by atoms with Gasteiger partial charge in [-0.05, 0) is 34.1 Å². The van der Waals surface area contributed by atoms with Crippen LogP contribution in [-0.2, 0) is 0 Å². The Morgan fingerprint density at radius 1 is 1.00 bits per heavy atom. The minimum Gasteiger partial charge on any atom is -0.367 e. The molecule has 0 radical (unpaired) electrons. The van der Waals surface area contributed by atoms with Crippen LogP contribution in [0, 0.1) is 0 Å². The van der Waals surface area contributed by atoms with Crippen molar-refractivity contribution in [3.05, 3.63) is 46.3 Å². The topological polar surface area (TPSA) is 32.3 Å². The van der Waals surface area contributed by atoms with E-state index in [-0.39, 0.29) is 0 Å². The van der Waals surface area contributed by atoms with Crippen molar-refractivity contribution in [2.75, 3.05) is 36.0 Å². The van der Waals surface area contributed by atoms with Crippen LogP contribution in [0.25, 0.3) is 0 Å². The molecule has 1 fully saturated rings. The zero-order chi connectivity index (χ0) is 13.9. The van der Waals surface area contributed by atoms with Crippen molar-refractivity contribution in [1.29, 1.82) is 0 Å². The van der Waals surface area contributed by atoms with E-state index in [1.54, 1.807) is 12.4 Å². The highest BCUT2D eigenvalue weighted by atomic mass is 79.9. The summed E-state index contributed by atoms with van der Waals surface area (Å²) in [7, 11) is 0. The number of piperazine rings is 1. The van der Waals surface area contributed by atoms with Crippen molar-refractivity contribution in [1.82, 2.24) is 9.97 Å². The SMILES string of the molecule is Clc1cnccc1N1CCN(c2ccc(Br)cn2)CC1. The maximum absolute atomic E-state index is 6.19. The molecule has 104 valence electrons. The van der Waals surface area contributed by atoms with E-state index in [1.807, 2.05) is 24.4 Å². The van der Waals surface area contributed by atoms with E-state index in [0.29, 0.717) is 5.02 Å². The first kappa shape index (κ1) is 13.6. The third-order valence-electron chi connectivity index (χ3n) is 3.41. The van der Waals surface area contributed by atoms with Crippen LogP contribution in [0.4, 0.5) is 11.5 Å². The average Bonchev–Trinajstić information content (AvgIpc) is 2.49. The Morgan fingerprint density at radius 3 is 2.40 bits per heavy atom. The molecule has 20 heavy (non-hydrogen) atoms. The Bertz CT molecular complexity index is 582. The normalized spacial score (nSPS) is 15.5. The van der Waals surface area contributed by atoms with Crippen molar-refractivity contribution < 1.29 is 0 Å². The van der Waals surface area contributed by atoms with Crippen LogP contribution in [-0.4, -0.2) is 36.1 Å². The molecular weight excluding hydrogens is 340 g/mol. The van der Waals surface area contributed by atoms with Gasteiger partial charge in [-0.3, -0.25) is 4.98 Å². The molecule has 2 aromatic rings. The number of aromatic nitrogens is 2. The number of nitrogens with zero attached hydrogens (tertiary/aromatic N) is 4. The molecule has 0 unspecified atom stereocenters. The van der Waals surface area contributed by atoms with Gasteiger partial charge in [0.1, 0.15) is 5.82 Å². The van der Waals surface area contributed by atoms with E-state index in [2.05, 4.69) is 35.7 Å². The summed E-state index contributed by atoms with van der Waals surface area (Å²) in [6, 6.07) is 6.03. The summed E-state index contributed by atoms with van der Waals surface area (Å²) in [5.74, 6) is 1.02. The van der Waals surface area contributed by atoms with Crippen LogP contribution in [0.3, 0.4) is 0 Å². The van der Waals surface area contributed by atoms with E-state index in [0.717, 1.165) is 42.2 Å². The van der Waals surface area contributed by atoms with Gasteiger partial charge in [-0.15, -0.1) is 0 Å². The van der Waals surface area contributed by atoms with E-state index < -0.39 is 0 Å². The number of halogens is 2. The van der Waals surface area contributed by atoms with Crippen LogP contribution in [0.5, 0.6) is 0 Å². The van der Waals surface area contributed by atoms with Gasteiger partial charge >= 0.3 is 0 Å². The second-order valence-electron chi connectivity index (χ2n) is 4.64. The molecular formula is C14H14BrClN4. The van der Waals surface area contributed by atoms with Gasteiger partial charge in [0.15, 0.2) is 0 Å². The van der Waals surface area contributed by atoms with Gasteiger partial charge < -0.3 is 9.80 Å². The summed E-state index contributed by atoms with van der Waals surface area (Å²) in [5, 5.41) is 0.711. The Kier molecular flexibility index (Phi) is 4.08. The zero-order valence-electron chi connectivity index (χ0n) is 10.8. The molecule has 4 nitrogen and oxygen atoms in total. The monoisotopic (exact) mass is 352 g/mol. The standard InChI is InChI=1S/C14H14BrClN4/c15-11-1-2-14(18-9-11)20-7-5-19(6-8-20)13-3-4-17-10-12(13)16/h1-4,9-10H,5-8H2. The molecule has 0 atom stereocenters. The predicted octanol–water partition coefficient (Wildman–Crippen LogP) is 3.22. The molecule has 0 bridgehead atoms. The van der Waals surface area contributed by atoms with Crippen LogP contribution in [0.15, 0.2) is 41.3 Å². The number of hydrogen-bond acceptors (Lipinski definition) is 4. The minimum absolute atomic E-state index is 0.711. The number of rotatable bonds is 2. The molecule has 3 rings (SSSR count). The van der Waals surface area contributed by atoms with Gasteiger partial charge in [0.2, 0.25) is 0 Å². The molecule has 0 N–H and O–H groups in total. The van der Waals surface area contributed by atoms with Crippen molar-refractivity contribution in [2.24, 2.45) is 0 Å². The molecule has 1 aliphatic rings. The third-order valence-corrected chi connectivity index (χ3v) is 4.17. The molecule has 0 spiro atoms. The van der Waals surface area contributed by atoms with Gasteiger partial charge in [-0.2, -0.15) is 0 Å². The average molecular weight is 354 g/mol. The second-order valence-corrected chi connectivity index (χ2v) is 5.96. The molecule has 0 saturated carbocycles. The molecule has 0 amide bonds. The predicted molar refractivity (Wildman–Crippen MR) is 85.6 cm³/mol. The fourth-order valence-corrected chi connectivity index (χ4v) is 2.83. The van der Waals surface area contributed by atoms with Crippen LogP contribution in [0.1, 0.15) is 0 Å². The lowest BCUT2D eigenvalue weighted by molar-refractivity contribution is 0.647. The number of hydrogen-bond donors (Lipinski definition) is 0. The maximum atomic E-state index is 6.19. The van der Waals surface area contributed by atoms with Gasteiger partial charge in [-0.1, -0.05) is 11.6 Å².